The second-order valence-electron chi connectivity index (χ2n) is 2.48. The Morgan fingerprint density at radius 3 is 1.46 bits per heavy atom. The number of nitrogens with one attached hydrogen (secondary N) is 1. The molecule has 0 radical (unpaired) electrons. The van der Waals surface area contributed by atoms with Crippen molar-refractivity contribution in [2.24, 2.45) is 0 Å². The van der Waals surface area contributed by atoms with Crippen molar-refractivity contribution in [3.63, 3.8) is 0 Å². The first-order chi connectivity index (χ1) is 6.13. The van der Waals surface area contributed by atoms with E-state index in [0.29, 0.717) is 19.8 Å². The van der Waals surface area contributed by atoms with Crippen molar-refractivity contribution in [2.75, 3.05) is 19.8 Å². The van der Waals surface area contributed by atoms with Crippen molar-refractivity contribution in [3.8, 4) is 0 Å². The molecule has 0 aromatic heterocycles. The topological polar surface area (TPSA) is 51.5 Å². The summed E-state index contributed by atoms with van der Waals surface area (Å²) in [6.07, 6.45) is 0. The predicted molar refractivity (Wildman–Crippen MR) is 51.0 cm³/mol. The summed E-state index contributed by atoms with van der Waals surface area (Å²) in [4.78, 5) is 0. The van der Waals surface area contributed by atoms with Crippen LogP contribution in [0.5, 0.6) is 0 Å². The van der Waals surface area contributed by atoms with Crippen molar-refractivity contribution in [1.82, 2.24) is 0 Å². The average Bonchev–Trinajstić information content (AvgIpc) is 2.05. The summed E-state index contributed by atoms with van der Waals surface area (Å²) in [5.41, 5.74) is 0.234. The Morgan fingerprint density at radius 1 is 1.00 bits per heavy atom. The van der Waals surface area contributed by atoms with Crippen LogP contribution in [-0.2, 0) is 14.2 Å². The van der Waals surface area contributed by atoms with Gasteiger partial charge in [0.15, 0.2) is 0 Å². The van der Waals surface area contributed by atoms with Crippen LogP contribution < -0.4 is 0 Å². The van der Waals surface area contributed by atoms with Gasteiger partial charge in [0.05, 0.1) is 25.5 Å². The van der Waals surface area contributed by atoms with Crippen molar-refractivity contribution in [2.45, 2.75) is 33.7 Å². The van der Waals surface area contributed by atoms with Crippen molar-refractivity contribution in [1.29, 1.82) is 5.41 Å². The highest BCUT2D eigenvalue weighted by molar-refractivity contribution is 5.84. The molecule has 0 saturated carbocycles. The Bertz CT molecular complexity index is 142. The molecule has 78 valence electrons. The van der Waals surface area contributed by atoms with E-state index in [0.717, 1.165) is 0 Å². The molecule has 0 amide bonds. The lowest BCUT2D eigenvalue weighted by Gasteiger charge is -2.31. The molecule has 0 aliphatic carbocycles. The zero-order chi connectivity index (χ0) is 10.3. The number of hydrogen-bond acceptors (Lipinski definition) is 4. The third-order valence-electron chi connectivity index (χ3n) is 1.46. The smallest absolute Gasteiger partial charge is 0.323 e. The largest absolute Gasteiger partial charge is 0.324 e. The zero-order valence-electron chi connectivity index (χ0n) is 8.85. The van der Waals surface area contributed by atoms with Gasteiger partial charge in [-0.1, -0.05) is 0 Å². The van der Waals surface area contributed by atoms with Crippen LogP contribution in [0.2, 0.25) is 0 Å². The minimum atomic E-state index is -1.27. The molecule has 0 fully saturated rings. The van der Waals surface area contributed by atoms with E-state index in [1.165, 1.54) is 0 Å². The van der Waals surface area contributed by atoms with Gasteiger partial charge >= 0.3 is 5.97 Å². The number of hydrogen-bond donors (Lipinski definition) is 1. The number of ether oxygens (including phenoxy) is 3. The molecule has 0 heterocycles. The van der Waals surface area contributed by atoms with Gasteiger partial charge in [0.1, 0.15) is 0 Å². The van der Waals surface area contributed by atoms with Crippen LogP contribution in [0.15, 0.2) is 0 Å². The lowest BCUT2D eigenvalue weighted by Crippen LogP contribution is -2.45. The molecule has 0 saturated heterocycles. The van der Waals surface area contributed by atoms with Crippen LogP contribution in [0.4, 0.5) is 0 Å². The van der Waals surface area contributed by atoms with Crippen LogP contribution in [0.3, 0.4) is 0 Å². The fraction of sp³-hybridized carbons (Fsp3) is 0.889. The van der Waals surface area contributed by atoms with Gasteiger partial charge in [-0.05, 0) is 27.7 Å². The van der Waals surface area contributed by atoms with E-state index >= 15 is 0 Å². The molecule has 0 bridgehead atoms. The van der Waals surface area contributed by atoms with Gasteiger partial charge in [-0.15, -0.1) is 0 Å². The molecule has 0 unspecified atom stereocenters. The van der Waals surface area contributed by atoms with E-state index in [2.05, 4.69) is 0 Å². The van der Waals surface area contributed by atoms with E-state index in [1.807, 2.05) is 20.8 Å². The second-order valence-corrected chi connectivity index (χ2v) is 2.48. The highest BCUT2D eigenvalue weighted by atomic mass is 16.9. The SMILES string of the molecule is CCOC(OCC)(OCC)C(C)=N. The molecule has 0 aliphatic rings. The molecule has 13 heavy (non-hydrogen) atoms. The van der Waals surface area contributed by atoms with E-state index in [1.54, 1.807) is 6.92 Å². The summed E-state index contributed by atoms with van der Waals surface area (Å²) < 4.78 is 15.9. The minimum Gasteiger partial charge on any atom is -0.323 e. The summed E-state index contributed by atoms with van der Waals surface area (Å²) in [7, 11) is 0. The maximum atomic E-state index is 7.53. The highest BCUT2D eigenvalue weighted by Gasteiger charge is 2.35. The fourth-order valence-electron chi connectivity index (χ4n) is 1.02. The Balaban J connectivity index is 4.48. The Hall–Kier alpha value is -0.450. The maximum Gasteiger partial charge on any atom is 0.324 e. The molecule has 0 aromatic carbocycles. The predicted octanol–water partition coefficient (Wildman–Crippen LogP) is 1.79. The maximum absolute atomic E-state index is 7.53. The molecule has 0 aromatic rings. The van der Waals surface area contributed by atoms with E-state index in [9.17, 15) is 0 Å². The van der Waals surface area contributed by atoms with Gasteiger partial charge in [0.25, 0.3) is 0 Å². The van der Waals surface area contributed by atoms with Crippen LogP contribution in [-0.4, -0.2) is 31.5 Å². The van der Waals surface area contributed by atoms with Gasteiger partial charge in [-0.2, -0.15) is 0 Å². The Morgan fingerprint density at radius 2 is 1.31 bits per heavy atom. The van der Waals surface area contributed by atoms with Crippen LogP contribution in [0, 0.1) is 5.41 Å². The quantitative estimate of drug-likeness (QED) is 0.490. The highest BCUT2D eigenvalue weighted by Crippen LogP contribution is 2.16. The monoisotopic (exact) mass is 189 g/mol. The third-order valence-corrected chi connectivity index (χ3v) is 1.46. The van der Waals surface area contributed by atoms with Crippen LogP contribution >= 0.6 is 0 Å². The van der Waals surface area contributed by atoms with Gasteiger partial charge in [-0.3, -0.25) is 0 Å². The Labute approximate surface area is 79.7 Å². The third kappa shape index (κ3) is 3.42. The summed E-state index contributed by atoms with van der Waals surface area (Å²) in [6, 6.07) is 0. The molecule has 4 heteroatoms. The van der Waals surface area contributed by atoms with Gasteiger partial charge in [-0.25, -0.2) is 0 Å². The summed E-state index contributed by atoms with van der Waals surface area (Å²) in [6.45, 7) is 8.50. The van der Waals surface area contributed by atoms with E-state index in [-0.39, 0.29) is 5.71 Å². The van der Waals surface area contributed by atoms with Gasteiger partial charge in [0, 0.05) is 0 Å². The van der Waals surface area contributed by atoms with Crippen molar-refractivity contribution < 1.29 is 14.2 Å². The first-order valence-electron chi connectivity index (χ1n) is 4.60. The molecular formula is C9H19NO3. The molecule has 0 spiro atoms. The summed E-state index contributed by atoms with van der Waals surface area (Å²) in [5, 5.41) is 7.53. The molecule has 0 rings (SSSR count). The van der Waals surface area contributed by atoms with Crippen molar-refractivity contribution in [3.05, 3.63) is 0 Å². The fourth-order valence-corrected chi connectivity index (χ4v) is 1.02. The lowest BCUT2D eigenvalue weighted by molar-refractivity contribution is -0.331. The zero-order valence-corrected chi connectivity index (χ0v) is 8.85. The molecule has 1 N–H and O–H groups in total. The van der Waals surface area contributed by atoms with E-state index in [4.69, 9.17) is 19.6 Å². The molecule has 0 atom stereocenters. The van der Waals surface area contributed by atoms with Crippen molar-refractivity contribution >= 4 is 5.71 Å². The normalized spacial score (nSPS) is 11.7. The lowest BCUT2D eigenvalue weighted by atomic mass is 10.3. The standard InChI is InChI=1S/C9H19NO3/c1-5-11-9(8(4)10,12-6-2)13-7-3/h10H,5-7H2,1-4H3. The van der Waals surface area contributed by atoms with Crippen LogP contribution in [0.1, 0.15) is 27.7 Å². The van der Waals surface area contributed by atoms with Gasteiger partial charge in [0.2, 0.25) is 0 Å². The molecular weight excluding hydrogens is 170 g/mol. The second kappa shape index (κ2) is 6.07. The Kier molecular flexibility index (Phi) is 5.86. The molecule has 4 nitrogen and oxygen atoms in total. The summed E-state index contributed by atoms with van der Waals surface area (Å²) in [5.74, 6) is -1.27. The molecule has 0 aliphatic heterocycles. The van der Waals surface area contributed by atoms with Gasteiger partial charge < -0.3 is 19.6 Å². The first-order valence-corrected chi connectivity index (χ1v) is 4.60. The first kappa shape index (κ1) is 12.6. The van der Waals surface area contributed by atoms with E-state index < -0.39 is 5.97 Å². The minimum absolute atomic E-state index is 0.234. The average molecular weight is 189 g/mol. The van der Waals surface area contributed by atoms with Crippen LogP contribution in [0.25, 0.3) is 0 Å². The number of rotatable bonds is 7. The summed E-state index contributed by atoms with van der Waals surface area (Å²) >= 11 is 0.